The average Bonchev–Trinajstić information content (AvgIpc) is 2.35. The van der Waals surface area contributed by atoms with Crippen molar-refractivity contribution in [2.45, 2.75) is 20.3 Å². The minimum Gasteiger partial charge on any atom is -0.310 e. The number of carbonyl (C=O) groups is 1. The predicted octanol–water partition coefficient (Wildman–Crippen LogP) is 1.80. The lowest BCUT2D eigenvalue weighted by atomic mass is 10.4. The van der Waals surface area contributed by atoms with Gasteiger partial charge in [-0.05, 0) is 6.92 Å². The Labute approximate surface area is 69.5 Å². The molecule has 1 heterocycles. The molecule has 3 nitrogen and oxygen atoms in total. The second-order valence-electron chi connectivity index (χ2n) is 2.15. The van der Waals surface area contributed by atoms with Gasteiger partial charge >= 0.3 is 0 Å². The molecule has 0 aliphatic rings. The number of nitrogens with zero attached hydrogens (tertiary/aromatic N) is 1. The summed E-state index contributed by atoms with van der Waals surface area (Å²) in [7, 11) is 0. The molecule has 0 fully saturated rings. The zero-order chi connectivity index (χ0) is 8.27. The zero-order valence-corrected chi connectivity index (χ0v) is 7.36. The smallest absolute Gasteiger partial charge is 0.225 e. The van der Waals surface area contributed by atoms with E-state index in [1.165, 1.54) is 11.3 Å². The highest BCUT2D eigenvalue weighted by atomic mass is 32.1. The fraction of sp³-hybridized carbons (Fsp3) is 0.429. The van der Waals surface area contributed by atoms with Gasteiger partial charge in [-0.1, -0.05) is 6.92 Å². The monoisotopic (exact) mass is 170 g/mol. The van der Waals surface area contributed by atoms with Crippen LogP contribution in [0.15, 0.2) is 5.38 Å². The third-order valence-electron chi connectivity index (χ3n) is 1.21. The second-order valence-corrected chi connectivity index (χ2v) is 3.22. The number of thiazole rings is 1. The van der Waals surface area contributed by atoms with Crippen LogP contribution in [0.4, 0.5) is 5.82 Å². The number of rotatable bonds is 2. The predicted molar refractivity (Wildman–Crippen MR) is 45.8 cm³/mol. The first-order valence-corrected chi connectivity index (χ1v) is 4.32. The summed E-state index contributed by atoms with van der Waals surface area (Å²) in [5.41, 5.74) is 0. The molecule has 0 aromatic carbocycles. The Balaban J connectivity index is 2.57. The third-order valence-corrected chi connectivity index (χ3v) is 1.98. The van der Waals surface area contributed by atoms with Crippen molar-refractivity contribution in [3.05, 3.63) is 10.4 Å². The summed E-state index contributed by atoms with van der Waals surface area (Å²) in [4.78, 5) is 14.9. The number of hydrogen-bond donors (Lipinski definition) is 1. The molecule has 0 aliphatic heterocycles. The van der Waals surface area contributed by atoms with E-state index in [1.807, 2.05) is 19.2 Å². The van der Waals surface area contributed by atoms with Crippen LogP contribution in [-0.2, 0) is 4.79 Å². The number of anilines is 1. The minimum atomic E-state index is 0.00954. The Morgan fingerprint density at radius 3 is 3.00 bits per heavy atom. The van der Waals surface area contributed by atoms with E-state index < -0.39 is 0 Å². The van der Waals surface area contributed by atoms with Crippen LogP contribution in [0.2, 0.25) is 0 Å². The van der Waals surface area contributed by atoms with Crippen molar-refractivity contribution in [3.8, 4) is 0 Å². The average molecular weight is 170 g/mol. The van der Waals surface area contributed by atoms with E-state index in [-0.39, 0.29) is 5.91 Å². The van der Waals surface area contributed by atoms with E-state index in [9.17, 15) is 4.79 Å². The minimum absolute atomic E-state index is 0.00954. The summed E-state index contributed by atoms with van der Waals surface area (Å²) < 4.78 is 0. The molecular weight excluding hydrogens is 160 g/mol. The van der Waals surface area contributed by atoms with E-state index >= 15 is 0 Å². The van der Waals surface area contributed by atoms with Gasteiger partial charge in [0.2, 0.25) is 5.91 Å². The van der Waals surface area contributed by atoms with Gasteiger partial charge in [0.15, 0.2) is 0 Å². The van der Waals surface area contributed by atoms with Crippen LogP contribution in [-0.4, -0.2) is 10.9 Å². The van der Waals surface area contributed by atoms with Gasteiger partial charge in [-0.25, -0.2) is 4.98 Å². The normalized spacial score (nSPS) is 9.64. The molecule has 60 valence electrons. The van der Waals surface area contributed by atoms with Gasteiger partial charge in [0.1, 0.15) is 5.82 Å². The van der Waals surface area contributed by atoms with Crippen molar-refractivity contribution in [1.82, 2.24) is 4.98 Å². The molecule has 1 rings (SSSR count). The molecule has 0 saturated carbocycles. The molecule has 0 radical (unpaired) electrons. The molecule has 0 saturated heterocycles. The Hall–Kier alpha value is -0.900. The van der Waals surface area contributed by atoms with Crippen LogP contribution >= 0.6 is 11.3 Å². The van der Waals surface area contributed by atoms with Crippen LogP contribution in [0.25, 0.3) is 0 Å². The van der Waals surface area contributed by atoms with Crippen LogP contribution in [0.1, 0.15) is 18.4 Å². The standard InChI is InChI=1S/C7H10N2OS/c1-3-7(10)9-6-4-11-5(2)8-6/h4H,3H2,1-2H3,(H,9,10). The second kappa shape index (κ2) is 3.48. The summed E-state index contributed by atoms with van der Waals surface area (Å²) >= 11 is 1.53. The molecule has 11 heavy (non-hydrogen) atoms. The molecule has 0 spiro atoms. The van der Waals surface area contributed by atoms with Gasteiger partial charge in [0, 0.05) is 11.8 Å². The van der Waals surface area contributed by atoms with E-state index in [1.54, 1.807) is 0 Å². The first-order chi connectivity index (χ1) is 5.22. The summed E-state index contributed by atoms with van der Waals surface area (Å²) in [6, 6.07) is 0. The molecule has 0 bridgehead atoms. The first-order valence-electron chi connectivity index (χ1n) is 3.44. The fourth-order valence-electron chi connectivity index (χ4n) is 0.652. The van der Waals surface area contributed by atoms with Crippen molar-refractivity contribution in [2.24, 2.45) is 0 Å². The Bertz CT molecular complexity index is 257. The van der Waals surface area contributed by atoms with Crippen molar-refractivity contribution in [3.63, 3.8) is 0 Å². The quantitative estimate of drug-likeness (QED) is 0.735. The number of nitrogens with one attached hydrogen (secondary N) is 1. The van der Waals surface area contributed by atoms with Gasteiger partial charge < -0.3 is 5.32 Å². The lowest BCUT2D eigenvalue weighted by molar-refractivity contribution is -0.115. The highest BCUT2D eigenvalue weighted by Crippen LogP contribution is 2.12. The Morgan fingerprint density at radius 1 is 1.82 bits per heavy atom. The molecule has 4 heteroatoms. The van der Waals surface area contributed by atoms with Gasteiger partial charge in [-0.15, -0.1) is 11.3 Å². The van der Waals surface area contributed by atoms with Crippen LogP contribution < -0.4 is 5.32 Å². The number of amides is 1. The van der Waals surface area contributed by atoms with E-state index in [0.717, 1.165) is 5.01 Å². The number of aromatic nitrogens is 1. The van der Waals surface area contributed by atoms with Crippen molar-refractivity contribution >= 4 is 23.1 Å². The van der Waals surface area contributed by atoms with Gasteiger partial charge in [0.05, 0.1) is 5.01 Å². The van der Waals surface area contributed by atoms with Crippen molar-refractivity contribution < 1.29 is 4.79 Å². The van der Waals surface area contributed by atoms with Crippen molar-refractivity contribution in [1.29, 1.82) is 0 Å². The summed E-state index contributed by atoms with van der Waals surface area (Å²) in [6.45, 7) is 3.72. The lowest BCUT2D eigenvalue weighted by Gasteiger charge is -1.95. The fourth-order valence-corrected chi connectivity index (χ4v) is 1.20. The maximum Gasteiger partial charge on any atom is 0.225 e. The molecule has 1 amide bonds. The van der Waals surface area contributed by atoms with Crippen LogP contribution in [0.3, 0.4) is 0 Å². The number of carbonyl (C=O) groups excluding carboxylic acids is 1. The molecule has 1 aromatic heterocycles. The first kappa shape index (κ1) is 8.20. The molecule has 0 atom stereocenters. The van der Waals surface area contributed by atoms with Gasteiger partial charge in [0.25, 0.3) is 0 Å². The van der Waals surface area contributed by atoms with E-state index in [2.05, 4.69) is 10.3 Å². The summed E-state index contributed by atoms with van der Waals surface area (Å²) in [5, 5.41) is 5.48. The van der Waals surface area contributed by atoms with Crippen LogP contribution in [0.5, 0.6) is 0 Å². The highest BCUT2D eigenvalue weighted by molar-refractivity contribution is 7.09. The topological polar surface area (TPSA) is 42.0 Å². The van der Waals surface area contributed by atoms with E-state index in [0.29, 0.717) is 12.2 Å². The molecule has 1 N–H and O–H groups in total. The molecule has 0 aliphatic carbocycles. The maximum atomic E-state index is 10.8. The number of aryl methyl sites for hydroxylation is 1. The highest BCUT2D eigenvalue weighted by Gasteiger charge is 2.00. The molecule has 0 unspecified atom stereocenters. The van der Waals surface area contributed by atoms with Crippen LogP contribution in [0, 0.1) is 6.92 Å². The molecule has 1 aromatic rings. The van der Waals surface area contributed by atoms with E-state index in [4.69, 9.17) is 0 Å². The SMILES string of the molecule is CCC(=O)Nc1csc(C)n1. The molecular formula is C7H10N2OS. The Kier molecular flexibility index (Phi) is 2.59. The maximum absolute atomic E-state index is 10.8. The van der Waals surface area contributed by atoms with Gasteiger partial charge in [-0.2, -0.15) is 0 Å². The van der Waals surface area contributed by atoms with Crippen molar-refractivity contribution in [2.75, 3.05) is 5.32 Å². The third kappa shape index (κ3) is 2.31. The summed E-state index contributed by atoms with van der Waals surface area (Å²) in [5.74, 6) is 0.676. The van der Waals surface area contributed by atoms with Gasteiger partial charge in [-0.3, -0.25) is 4.79 Å². The zero-order valence-electron chi connectivity index (χ0n) is 6.55. The largest absolute Gasteiger partial charge is 0.310 e. The summed E-state index contributed by atoms with van der Waals surface area (Å²) in [6.07, 6.45) is 0.497. The lowest BCUT2D eigenvalue weighted by Crippen LogP contribution is -2.09. The Morgan fingerprint density at radius 2 is 2.55 bits per heavy atom. The number of hydrogen-bond acceptors (Lipinski definition) is 3.